The average molecular weight is 340 g/mol. The van der Waals surface area contributed by atoms with Crippen LogP contribution >= 0.6 is 0 Å². The Morgan fingerprint density at radius 3 is 2.46 bits per heavy atom. The fourth-order valence-electron chi connectivity index (χ4n) is 2.53. The highest BCUT2D eigenvalue weighted by atomic mass is 15.4. The summed E-state index contributed by atoms with van der Waals surface area (Å²) in [7, 11) is 0. The molecule has 126 valence electrons. The first-order chi connectivity index (χ1) is 12.9. The zero-order valence-electron chi connectivity index (χ0n) is 14.0. The van der Waals surface area contributed by atoms with Gasteiger partial charge in [-0.3, -0.25) is 9.97 Å². The number of hydrogen-bond acceptors (Lipinski definition) is 5. The molecule has 3 heterocycles. The lowest BCUT2D eigenvalue weighted by Gasteiger charge is -2.02. The van der Waals surface area contributed by atoms with Gasteiger partial charge in [0.2, 0.25) is 5.82 Å². The molecule has 4 rings (SSSR count). The van der Waals surface area contributed by atoms with E-state index in [2.05, 4.69) is 49.3 Å². The maximum atomic E-state index is 4.63. The lowest BCUT2D eigenvalue weighted by molar-refractivity contribution is 0.709. The van der Waals surface area contributed by atoms with E-state index in [0.717, 1.165) is 11.3 Å². The first-order valence-electron chi connectivity index (χ1n) is 8.24. The molecular formula is C20H16N6. The quantitative estimate of drug-likeness (QED) is 0.556. The average Bonchev–Trinajstić information content (AvgIpc) is 3.14. The van der Waals surface area contributed by atoms with Crippen LogP contribution in [0.4, 0.5) is 0 Å². The molecule has 4 aromatic rings. The van der Waals surface area contributed by atoms with Crippen molar-refractivity contribution in [3.8, 4) is 23.0 Å². The van der Waals surface area contributed by atoms with Crippen molar-refractivity contribution in [1.82, 2.24) is 29.7 Å². The normalized spacial score (nSPS) is 11.1. The van der Waals surface area contributed by atoms with Gasteiger partial charge in [0.1, 0.15) is 11.4 Å². The second kappa shape index (κ2) is 7.48. The smallest absolute Gasteiger partial charge is 0.202 e. The Morgan fingerprint density at radius 2 is 1.69 bits per heavy atom. The van der Waals surface area contributed by atoms with Gasteiger partial charge < -0.3 is 0 Å². The Balaban J connectivity index is 1.68. The summed E-state index contributed by atoms with van der Waals surface area (Å²) < 4.78 is 1.83. The van der Waals surface area contributed by atoms with E-state index in [1.54, 1.807) is 24.8 Å². The Morgan fingerprint density at radius 1 is 0.846 bits per heavy atom. The van der Waals surface area contributed by atoms with Crippen LogP contribution < -0.4 is 0 Å². The van der Waals surface area contributed by atoms with Crippen LogP contribution in [0.2, 0.25) is 0 Å². The molecule has 0 saturated carbocycles. The van der Waals surface area contributed by atoms with E-state index in [-0.39, 0.29) is 0 Å². The summed E-state index contributed by atoms with van der Waals surface area (Å²) in [5, 5.41) is 4.60. The molecule has 0 aliphatic carbocycles. The molecule has 1 aromatic carbocycles. The lowest BCUT2D eigenvalue weighted by atomic mass is 10.2. The van der Waals surface area contributed by atoms with Gasteiger partial charge in [0.05, 0.1) is 12.7 Å². The summed E-state index contributed by atoms with van der Waals surface area (Å²) >= 11 is 0. The van der Waals surface area contributed by atoms with E-state index in [1.807, 2.05) is 41.1 Å². The number of nitrogens with zero attached hydrogens (tertiary/aromatic N) is 6. The molecule has 0 N–H and O–H groups in total. The maximum absolute atomic E-state index is 4.63. The van der Waals surface area contributed by atoms with Crippen molar-refractivity contribution < 1.29 is 0 Å². The fourth-order valence-corrected chi connectivity index (χ4v) is 2.53. The van der Waals surface area contributed by atoms with Gasteiger partial charge in [0, 0.05) is 18.6 Å². The van der Waals surface area contributed by atoms with Crippen LogP contribution in [-0.4, -0.2) is 29.7 Å². The topological polar surface area (TPSA) is 69.4 Å². The number of aromatic nitrogens is 6. The Hall–Kier alpha value is -3.67. The SMILES string of the molecule is C(=C/c1ccccc1)/Cn1nc(-c2cnccn2)nc1-c1ccccn1. The lowest BCUT2D eigenvalue weighted by Crippen LogP contribution is -2.01. The Labute approximate surface area is 150 Å². The van der Waals surface area contributed by atoms with Crippen molar-refractivity contribution in [2.75, 3.05) is 0 Å². The highest BCUT2D eigenvalue weighted by Gasteiger charge is 2.14. The van der Waals surface area contributed by atoms with E-state index in [9.17, 15) is 0 Å². The van der Waals surface area contributed by atoms with Crippen molar-refractivity contribution >= 4 is 6.08 Å². The first kappa shape index (κ1) is 15.8. The molecule has 0 radical (unpaired) electrons. The number of pyridine rings is 1. The van der Waals surface area contributed by atoms with Crippen LogP contribution in [0.1, 0.15) is 5.56 Å². The van der Waals surface area contributed by atoms with E-state index in [1.165, 1.54) is 0 Å². The zero-order chi connectivity index (χ0) is 17.6. The van der Waals surface area contributed by atoms with E-state index in [4.69, 9.17) is 0 Å². The van der Waals surface area contributed by atoms with Crippen LogP contribution in [0, 0.1) is 0 Å². The largest absolute Gasteiger partial charge is 0.261 e. The van der Waals surface area contributed by atoms with Gasteiger partial charge in [0.25, 0.3) is 0 Å². The number of rotatable bonds is 5. The molecule has 0 atom stereocenters. The second-order valence-corrected chi connectivity index (χ2v) is 5.56. The first-order valence-corrected chi connectivity index (χ1v) is 8.24. The Bertz CT molecular complexity index is 994. The molecule has 26 heavy (non-hydrogen) atoms. The molecule has 0 aliphatic heterocycles. The van der Waals surface area contributed by atoms with Gasteiger partial charge in [0.15, 0.2) is 5.82 Å². The van der Waals surface area contributed by atoms with Crippen molar-refractivity contribution in [2.45, 2.75) is 6.54 Å². The highest BCUT2D eigenvalue weighted by Crippen LogP contribution is 2.19. The molecule has 0 spiro atoms. The molecule has 0 bridgehead atoms. The minimum Gasteiger partial charge on any atom is -0.261 e. The van der Waals surface area contributed by atoms with Crippen molar-refractivity contribution in [3.63, 3.8) is 0 Å². The third-order valence-electron chi connectivity index (χ3n) is 3.75. The van der Waals surface area contributed by atoms with Gasteiger partial charge in [-0.05, 0) is 17.7 Å². The molecule has 6 heteroatoms. The van der Waals surface area contributed by atoms with Gasteiger partial charge in [-0.2, -0.15) is 0 Å². The second-order valence-electron chi connectivity index (χ2n) is 5.56. The Kier molecular flexibility index (Phi) is 4.56. The van der Waals surface area contributed by atoms with Crippen LogP contribution in [0.5, 0.6) is 0 Å². The maximum Gasteiger partial charge on any atom is 0.202 e. The van der Waals surface area contributed by atoms with Gasteiger partial charge in [-0.15, -0.1) is 5.10 Å². The molecule has 0 fully saturated rings. The minimum atomic E-state index is 0.534. The number of allylic oxidation sites excluding steroid dienone is 1. The van der Waals surface area contributed by atoms with Crippen LogP contribution in [-0.2, 0) is 6.54 Å². The van der Waals surface area contributed by atoms with E-state index in [0.29, 0.717) is 23.9 Å². The van der Waals surface area contributed by atoms with E-state index < -0.39 is 0 Å². The number of hydrogen-bond donors (Lipinski definition) is 0. The third kappa shape index (κ3) is 3.54. The van der Waals surface area contributed by atoms with Crippen LogP contribution in [0.25, 0.3) is 29.1 Å². The third-order valence-corrected chi connectivity index (χ3v) is 3.75. The summed E-state index contributed by atoms with van der Waals surface area (Å²) in [5.41, 5.74) is 2.54. The molecule has 0 unspecified atom stereocenters. The van der Waals surface area contributed by atoms with E-state index >= 15 is 0 Å². The summed E-state index contributed by atoms with van der Waals surface area (Å²) in [6.45, 7) is 0.577. The molecule has 0 saturated heterocycles. The monoisotopic (exact) mass is 340 g/mol. The summed E-state index contributed by atoms with van der Waals surface area (Å²) in [4.78, 5) is 17.4. The minimum absolute atomic E-state index is 0.534. The predicted octanol–water partition coefficient (Wildman–Crippen LogP) is 3.51. The van der Waals surface area contributed by atoms with Gasteiger partial charge in [-0.25, -0.2) is 14.6 Å². The summed E-state index contributed by atoms with van der Waals surface area (Å²) in [6, 6.07) is 15.9. The molecule has 0 amide bonds. The number of benzene rings is 1. The highest BCUT2D eigenvalue weighted by molar-refractivity contribution is 5.56. The molecule has 3 aromatic heterocycles. The van der Waals surface area contributed by atoms with Crippen molar-refractivity contribution in [2.24, 2.45) is 0 Å². The molecule has 0 aliphatic rings. The van der Waals surface area contributed by atoms with Crippen molar-refractivity contribution in [3.05, 3.63) is 85.0 Å². The zero-order valence-corrected chi connectivity index (χ0v) is 14.0. The van der Waals surface area contributed by atoms with Crippen molar-refractivity contribution in [1.29, 1.82) is 0 Å². The standard InChI is InChI=1S/C20H16N6/c1-2-7-16(8-3-1)9-6-14-26-20(17-10-4-5-11-22-17)24-19(25-26)18-15-21-12-13-23-18/h1-13,15H,14H2/b9-6-. The fraction of sp³-hybridized carbons (Fsp3) is 0.0500. The summed E-state index contributed by atoms with van der Waals surface area (Å²) in [6.07, 6.45) is 10.8. The molecular weight excluding hydrogens is 324 g/mol. The predicted molar refractivity (Wildman–Crippen MR) is 99.8 cm³/mol. The van der Waals surface area contributed by atoms with Crippen LogP contribution in [0.3, 0.4) is 0 Å². The van der Waals surface area contributed by atoms with Crippen LogP contribution in [0.15, 0.2) is 79.4 Å². The van der Waals surface area contributed by atoms with Gasteiger partial charge in [-0.1, -0.05) is 48.6 Å². The molecule has 6 nitrogen and oxygen atoms in total. The summed E-state index contributed by atoms with van der Waals surface area (Å²) in [5.74, 6) is 1.23. The van der Waals surface area contributed by atoms with Gasteiger partial charge >= 0.3 is 0 Å².